The lowest BCUT2D eigenvalue weighted by Gasteiger charge is -2.19. The van der Waals surface area contributed by atoms with Gasteiger partial charge in [-0.25, -0.2) is 4.39 Å². The monoisotopic (exact) mass is 285 g/mol. The van der Waals surface area contributed by atoms with Gasteiger partial charge in [0.2, 0.25) is 5.91 Å². The van der Waals surface area contributed by atoms with Gasteiger partial charge in [0.05, 0.1) is 0 Å². The van der Waals surface area contributed by atoms with Crippen LogP contribution in [0.5, 0.6) is 0 Å². The normalized spacial score (nSPS) is 15.3. The van der Waals surface area contributed by atoms with Crippen molar-refractivity contribution in [3.63, 3.8) is 0 Å². The molecule has 0 aliphatic carbocycles. The first kappa shape index (κ1) is 13.8. The summed E-state index contributed by atoms with van der Waals surface area (Å²) < 4.78 is 13.6. The van der Waals surface area contributed by atoms with E-state index in [4.69, 9.17) is 0 Å². The number of nitrogens with one attached hydrogen (secondary N) is 1. The molecule has 0 saturated heterocycles. The second-order valence-electron chi connectivity index (χ2n) is 5.38. The number of aliphatic hydroxyl groups excluding tert-OH is 1. The number of fused-ring (bicyclic) bond motifs is 1. The predicted molar refractivity (Wildman–Crippen MR) is 78.6 cm³/mol. The third kappa shape index (κ3) is 2.67. The van der Waals surface area contributed by atoms with Crippen LogP contribution in [0.1, 0.15) is 34.8 Å². The topological polar surface area (TPSA) is 49.3 Å². The number of carbonyl (C=O) groups excluding carboxylic acids is 1. The van der Waals surface area contributed by atoms with Crippen LogP contribution in [0, 0.1) is 12.7 Å². The largest absolute Gasteiger partial charge is 0.384 e. The van der Waals surface area contributed by atoms with Gasteiger partial charge in [0, 0.05) is 12.1 Å². The van der Waals surface area contributed by atoms with E-state index >= 15 is 0 Å². The van der Waals surface area contributed by atoms with Crippen molar-refractivity contribution in [3.8, 4) is 0 Å². The van der Waals surface area contributed by atoms with Gasteiger partial charge in [-0.3, -0.25) is 4.79 Å². The summed E-state index contributed by atoms with van der Waals surface area (Å²) in [5.41, 5.74) is 3.57. The summed E-state index contributed by atoms with van der Waals surface area (Å²) in [6.07, 6.45) is 0.235. The van der Waals surface area contributed by atoms with Crippen molar-refractivity contribution in [2.24, 2.45) is 0 Å². The Morgan fingerprint density at radius 2 is 1.86 bits per heavy atom. The number of benzene rings is 2. The molecular formula is C17H16FNO2. The maximum absolute atomic E-state index is 13.6. The highest BCUT2D eigenvalue weighted by Crippen LogP contribution is 2.29. The van der Waals surface area contributed by atoms with Gasteiger partial charge in [0.1, 0.15) is 11.9 Å². The summed E-state index contributed by atoms with van der Waals surface area (Å²) in [7, 11) is 0. The fourth-order valence-electron chi connectivity index (χ4n) is 2.55. The minimum atomic E-state index is -0.872. The van der Waals surface area contributed by atoms with Crippen LogP contribution >= 0.6 is 0 Å². The minimum Gasteiger partial charge on any atom is -0.384 e. The van der Waals surface area contributed by atoms with Crippen molar-refractivity contribution in [2.75, 3.05) is 5.32 Å². The van der Waals surface area contributed by atoms with Gasteiger partial charge in [-0.05, 0) is 47.7 Å². The zero-order valence-corrected chi connectivity index (χ0v) is 11.7. The van der Waals surface area contributed by atoms with Crippen molar-refractivity contribution in [1.29, 1.82) is 0 Å². The number of amides is 1. The van der Waals surface area contributed by atoms with Crippen LogP contribution in [0.4, 0.5) is 10.1 Å². The lowest BCUT2D eigenvalue weighted by molar-refractivity contribution is -0.116. The van der Waals surface area contributed by atoms with Crippen LogP contribution in [0.2, 0.25) is 0 Å². The number of halogens is 1. The molecule has 1 heterocycles. The van der Waals surface area contributed by atoms with E-state index in [-0.39, 0.29) is 11.7 Å². The van der Waals surface area contributed by atoms with Crippen molar-refractivity contribution >= 4 is 11.6 Å². The van der Waals surface area contributed by atoms with E-state index in [1.165, 1.54) is 6.07 Å². The van der Waals surface area contributed by atoms with Crippen LogP contribution in [-0.2, 0) is 11.2 Å². The summed E-state index contributed by atoms with van der Waals surface area (Å²) in [5.74, 6) is -0.312. The summed E-state index contributed by atoms with van der Waals surface area (Å²) in [5, 5.41) is 13.2. The van der Waals surface area contributed by atoms with E-state index < -0.39 is 6.10 Å². The van der Waals surface area contributed by atoms with Crippen molar-refractivity contribution < 1.29 is 14.3 Å². The van der Waals surface area contributed by atoms with Crippen LogP contribution in [0.3, 0.4) is 0 Å². The molecule has 1 aliphatic rings. The minimum absolute atomic E-state index is 0.0106. The number of rotatable bonds is 2. The molecule has 108 valence electrons. The van der Waals surface area contributed by atoms with E-state index in [0.717, 1.165) is 11.3 Å². The van der Waals surface area contributed by atoms with Gasteiger partial charge >= 0.3 is 0 Å². The molecule has 0 saturated carbocycles. The van der Waals surface area contributed by atoms with Crippen molar-refractivity contribution in [2.45, 2.75) is 25.9 Å². The Hall–Kier alpha value is -2.20. The second-order valence-corrected chi connectivity index (χ2v) is 5.38. The molecule has 2 N–H and O–H groups in total. The van der Waals surface area contributed by atoms with E-state index in [0.29, 0.717) is 29.5 Å². The Labute approximate surface area is 122 Å². The molecule has 2 aromatic rings. The molecule has 0 radical (unpaired) electrons. The van der Waals surface area contributed by atoms with E-state index in [1.807, 2.05) is 6.07 Å². The standard InChI is InChI=1S/C17H16FNO2/c1-10-2-3-13(9-14(10)18)17(21)12-4-6-15-11(8-12)5-7-16(20)19-15/h2-4,6,8-9,17,21H,5,7H2,1H3,(H,19,20). The molecule has 0 bridgehead atoms. The average molecular weight is 285 g/mol. The molecule has 1 atom stereocenters. The highest BCUT2D eigenvalue weighted by Gasteiger charge is 2.18. The first-order chi connectivity index (χ1) is 10.0. The Morgan fingerprint density at radius 1 is 1.14 bits per heavy atom. The Morgan fingerprint density at radius 3 is 2.62 bits per heavy atom. The fourth-order valence-corrected chi connectivity index (χ4v) is 2.55. The molecule has 2 aromatic carbocycles. The molecular weight excluding hydrogens is 269 g/mol. The quantitative estimate of drug-likeness (QED) is 0.890. The Kier molecular flexibility index (Phi) is 3.47. The van der Waals surface area contributed by atoms with Gasteiger partial charge in [-0.1, -0.05) is 24.3 Å². The molecule has 21 heavy (non-hydrogen) atoms. The second kappa shape index (κ2) is 5.30. The number of carbonyl (C=O) groups is 1. The molecule has 0 aromatic heterocycles. The van der Waals surface area contributed by atoms with Gasteiger partial charge in [-0.2, -0.15) is 0 Å². The number of hydrogen-bond donors (Lipinski definition) is 2. The zero-order valence-electron chi connectivity index (χ0n) is 11.7. The summed E-state index contributed by atoms with van der Waals surface area (Å²) in [4.78, 5) is 11.3. The number of hydrogen-bond acceptors (Lipinski definition) is 2. The third-order valence-corrected chi connectivity index (χ3v) is 3.85. The van der Waals surface area contributed by atoms with Crippen LogP contribution in [-0.4, -0.2) is 11.0 Å². The lowest BCUT2D eigenvalue weighted by Crippen LogP contribution is -2.19. The molecule has 1 unspecified atom stereocenters. The van der Waals surface area contributed by atoms with Crippen LogP contribution < -0.4 is 5.32 Å². The molecule has 3 rings (SSSR count). The summed E-state index contributed by atoms with van der Waals surface area (Å²) >= 11 is 0. The summed E-state index contributed by atoms with van der Waals surface area (Å²) in [6.45, 7) is 1.69. The van der Waals surface area contributed by atoms with E-state index in [2.05, 4.69) is 5.32 Å². The van der Waals surface area contributed by atoms with Crippen LogP contribution in [0.25, 0.3) is 0 Å². The maximum atomic E-state index is 13.6. The number of aliphatic hydroxyl groups is 1. The zero-order chi connectivity index (χ0) is 15.0. The number of aryl methyl sites for hydroxylation is 2. The third-order valence-electron chi connectivity index (χ3n) is 3.85. The van der Waals surface area contributed by atoms with Crippen LogP contribution in [0.15, 0.2) is 36.4 Å². The van der Waals surface area contributed by atoms with Crippen molar-refractivity contribution in [1.82, 2.24) is 0 Å². The lowest BCUT2D eigenvalue weighted by atomic mass is 9.95. The average Bonchev–Trinajstić information content (AvgIpc) is 2.49. The predicted octanol–water partition coefficient (Wildman–Crippen LogP) is 3.10. The SMILES string of the molecule is Cc1ccc(C(O)c2ccc3c(c2)CCC(=O)N3)cc1F. The van der Waals surface area contributed by atoms with Gasteiger partial charge in [0.25, 0.3) is 0 Å². The molecule has 0 spiro atoms. The van der Waals surface area contributed by atoms with Gasteiger partial charge in [-0.15, -0.1) is 0 Å². The van der Waals surface area contributed by atoms with E-state index in [9.17, 15) is 14.3 Å². The smallest absolute Gasteiger partial charge is 0.224 e. The Balaban J connectivity index is 1.93. The molecule has 1 aliphatic heterocycles. The number of anilines is 1. The van der Waals surface area contributed by atoms with Crippen molar-refractivity contribution in [3.05, 3.63) is 64.5 Å². The molecule has 3 nitrogen and oxygen atoms in total. The highest BCUT2D eigenvalue weighted by atomic mass is 19.1. The fraction of sp³-hybridized carbons (Fsp3) is 0.235. The summed E-state index contributed by atoms with van der Waals surface area (Å²) in [6, 6.07) is 10.2. The van der Waals surface area contributed by atoms with E-state index in [1.54, 1.807) is 31.2 Å². The Bertz CT molecular complexity index is 712. The first-order valence-corrected chi connectivity index (χ1v) is 6.91. The van der Waals surface area contributed by atoms with Gasteiger partial charge in [0.15, 0.2) is 0 Å². The molecule has 4 heteroatoms. The maximum Gasteiger partial charge on any atom is 0.224 e. The van der Waals surface area contributed by atoms with Gasteiger partial charge < -0.3 is 10.4 Å². The first-order valence-electron chi connectivity index (χ1n) is 6.91. The molecule has 1 amide bonds. The molecule has 0 fully saturated rings. The highest BCUT2D eigenvalue weighted by molar-refractivity contribution is 5.93.